The Morgan fingerprint density at radius 3 is 2.84 bits per heavy atom. The summed E-state index contributed by atoms with van der Waals surface area (Å²) in [5.74, 6) is -0.213. The molecule has 0 spiro atoms. The van der Waals surface area contributed by atoms with E-state index in [1.165, 1.54) is 21.8 Å². The van der Waals surface area contributed by atoms with Gasteiger partial charge in [0, 0.05) is 26.3 Å². The molecule has 6 nitrogen and oxygen atoms in total. The lowest BCUT2D eigenvalue weighted by Crippen LogP contribution is -2.36. The summed E-state index contributed by atoms with van der Waals surface area (Å²) in [6.07, 6.45) is 2.10. The Morgan fingerprint density at radius 1 is 1.32 bits per heavy atom. The van der Waals surface area contributed by atoms with Crippen LogP contribution in [0, 0.1) is 6.92 Å². The van der Waals surface area contributed by atoms with Gasteiger partial charge in [0.05, 0.1) is 12.2 Å². The van der Waals surface area contributed by atoms with Crippen LogP contribution in [-0.2, 0) is 11.2 Å². The highest BCUT2D eigenvalue weighted by molar-refractivity contribution is 7.17. The molecule has 0 aliphatic carbocycles. The van der Waals surface area contributed by atoms with Gasteiger partial charge in [-0.15, -0.1) is 0 Å². The van der Waals surface area contributed by atoms with Crippen LogP contribution in [0.1, 0.15) is 27.3 Å². The topological polar surface area (TPSA) is 65.5 Å². The lowest BCUT2D eigenvalue weighted by atomic mass is 10.0. The predicted octanol–water partition coefficient (Wildman–Crippen LogP) is 2.54. The van der Waals surface area contributed by atoms with Gasteiger partial charge in [0.25, 0.3) is 5.91 Å². The van der Waals surface area contributed by atoms with Crippen molar-refractivity contribution >= 4 is 34.0 Å². The number of nitrogens with zero attached hydrogens (tertiary/aromatic N) is 3. The molecule has 0 radical (unpaired) electrons. The molecule has 0 fully saturated rings. The number of aryl methyl sites for hydroxylation is 2. The van der Waals surface area contributed by atoms with E-state index in [2.05, 4.69) is 27.3 Å². The molecule has 0 saturated heterocycles. The van der Waals surface area contributed by atoms with Crippen molar-refractivity contribution in [1.29, 1.82) is 0 Å². The second-order valence-corrected chi connectivity index (χ2v) is 7.33. The number of benzene rings is 1. The number of carbonyl (C=O) groups is 2. The Labute approximate surface area is 151 Å². The Kier molecular flexibility index (Phi) is 5.03. The lowest BCUT2D eigenvalue weighted by molar-refractivity contribution is -0.115. The molecule has 1 aromatic carbocycles. The average Bonchev–Trinajstić information content (AvgIpc) is 2.94. The molecule has 0 bridgehead atoms. The molecule has 0 saturated carbocycles. The van der Waals surface area contributed by atoms with Crippen molar-refractivity contribution in [3.63, 3.8) is 0 Å². The van der Waals surface area contributed by atoms with Crippen molar-refractivity contribution in [3.8, 4) is 0 Å². The number of nitrogens with one attached hydrogen (secondary N) is 1. The first kappa shape index (κ1) is 17.4. The van der Waals surface area contributed by atoms with Gasteiger partial charge < -0.3 is 15.1 Å². The van der Waals surface area contributed by atoms with Gasteiger partial charge in [-0.1, -0.05) is 29.5 Å². The SMILES string of the molecule is Cc1nc(NC(=O)CN2CCCc3ccccc32)sc1C(=O)N(C)C. The molecule has 1 N–H and O–H groups in total. The van der Waals surface area contributed by atoms with Crippen LogP contribution in [0.5, 0.6) is 0 Å². The molecule has 1 aromatic heterocycles. The summed E-state index contributed by atoms with van der Waals surface area (Å²) in [5.41, 5.74) is 3.05. The van der Waals surface area contributed by atoms with E-state index in [1.54, 1.807) is 21.0 Å². The Bertz CT molecular complexity index is 800. The molecular formula is C18H22N4O2S. The molecule has 25 heavy (non-hydrogen) atoms. The standard InChI is InChI=1S/C18H22N4O2S/c1-12-16(17(24)21(2)3)25-18(19-12)20-15(23)11-22-10-6-8-13-7-4-5-9-14(13)22/h4-5,7,9H,6,8,10-11H2,1-3H3,(H,19,20,23). The third-order valence-corrected chi connectivity index (χ3v) is 5.25. The molecule has 2 heterocycles. The largest absolute Gasteiger partial charge is 0.362 e. The maximum Gasteiger partial charge on any atom is 0.265 e. The monoisotopic (exact) mass is 358 g/mol. The first-order valence-corrected chi connectivity index (χ1v) is 9.09. The zero-order valence-corrected chi connectivity index (χ0v) is 15.5. The van der Waals surface area contributed by atoms with E-state index in [-0.39, 0.29) is 18.4 Å². The summed E-state index contributed by atoms with van der Waals surface area (Å²) in [7, 11) is 3.40. The molecule has 2 aromatic rings. The van der Waals surface area contributed by atoms with E-state index in [0.29, 0.717) is 15.7 Å². The van der Waals surface area contributed by atoms with Crippen molar-refractivity contribution < 1.29 is 9.59 Å². The van der Waals surface area contributed by atoms with Crippen LogP contribution in [-0.4, -0.2) is 48.9 Å². The lowest BCUT2D eigenvalue weighted by Gasteiger charge is -2.30. The van der Waals surface area contributed by atoms with Crippen LogP contribution < -0.4 is 10.2 Å². The number of anilines is 2. The first-order valence-electron chi connectivity index (χ1n) is 8.27. The number of para-hydroxylation sites is 1. The van der Waals surface area contributed by atoms with E-state index in [0.717, 1.165) is 25.1 Å². The number of aromatic nitrogens is 1. The fourth-order valence-electron chi connectivity index (χ4n) is 2.96. The number of hydrogen-bond acceptors (Lipinski definition) is 5. The van der Waals surface area contributed by atoms with Crippen molar-refractivity contribution in [2.75, 3.05) is 37.4 Å². The third-order valence-electron chi connectivity index (χ3n) is 4.18. The van der Waals surface area contributed by atoms with E-state index in [1.807, 2.05) is 12.1 Å². The number of amides is 2. The summed E-state index contributed by atoms with van der Waals surface area (Å²) in [5, 5.41) is 3.30. The normalized spacial score (nSPS) is 13.3. The highest BCUT2D eigenvalue weighted by atomic mass is 32.1. The van der Waals surface area contributed by atoms with Gasteiger partial charge >= 0.3 is 0 Å². The molecule has 1 aliphatic rings. The highest BCUT2D eigenvalue weighted by Crippen LogP contribution is 2.27. The Morgan fingerprint density at radius 2 is 2.08 bits per heavy atom. The Balaban J connectivity index is 1.68. The third kappa shape index (κ3) is 3.82. The molecule has 7 heteroatoms. The summed E-state index contributed by atoms with van der Waals surface area (Å²) >= 11 is 1.22. The van der Waals surface area contributed by atoms with Crippen molar-refractivity contribution in [2.45, 2.75) is 19.8 Å². The summed E-state index contributed by atoms with van der Waals surface area (Å²) in [6, 6.07) is 8.20. The highest BCUT2D eigenvalue weighted by Gasteiger charge is 2.21. The minimum Gasteiger partial charge on any atom is -0.362 e. The summed E-state index contributed by atoms with van der Waals surface area (Å²) in [4.78, 5) is 33.0. The van der Waals surface area contributed by atoms with E-state index < -0.39 is 0 Å². The van der Waals surface area contributed by atoms with Crippen LogP contribution in [0.3, 0.4) is 0 Å². The zero-order chi connectivity index (χ0) is 18.0. The van der Waals surface area contributed by atoms with E-state index >= 15 is 0 Å². The van der Waals surface area contributed by atoms with Gasteiger partial charge in [0.15, 0.2) is 5.13 Å². The number of fused-ring (bicyclic) bond motifs is 1. The van der Waals surface area contributed by atoms with Crippen LogP contribution in [0.2, 0.25) is 0 Å². The molecule has 132 valence electrons. The molecule has 0 unspecified atom stereocenters. The summed E-state index contributed by atoms with van der Waals surface area (Å²) in [6.45, 7) is 2.93. The molecular weight excluding hydrogens is 336 g/mol. The molecule has 3 rings (SSSR count). The fourth-order valence-corrected chi connectivity index (χ4v) is 3.96. The van der Waals surface area contributed by atoms with Gasteiger partial charge in [-0.25, -0.2) is 4.98 Å². The van der Waals surface area contributed by atoms with Crippen molar-refractivity contribution in [3.05, 3.63) is 40.4 Å². The Hall–Kier alpha value is -2.41. The van der Waals surface area contributed by atoms with E-state index in [9.17, 15) is 9.59 Å². The number of rotatable bonds is 4. The van der Waals surface area contributed by atoms with Crippen LogP contribution in [0.15, 0.2) is 24.3 Å². The summed E-state index contributed by atoms with van der Waals surface area (Å²) < 4.78 is 0. The number of carbonyl (C=O) groups excluding carboxylic acids is 2. The van der Waals surface area contributed by atoms with Crippen molar-refractivity contribution in [1.82, 2.24) is 9.88 Å². The smallest absolute Gasteiger partial charge is 0.265 e. The van der Waals surface area contributed by atoms with Gasteiger partial charge in [0.2, 0.25) is 5.91 Å². The van der Waals surface area contributed by atoms with Gasteiger partial charge in [-0.2, -0.15) is 0 Å². The molecule has 0 atom stereocenters. The maximum absolute atomic E-state index is 12.4. The van der Waals surface area contributed by atoms with Gasteiger partial charge in [-0.3, -0.25) is 9.59 Å². The maximum atomic E-state index is 12.4. The minimum atomic E-state index is -0.116. The minimum absolute atomic E-state index is 0.0968. The number of hydrogen-bond donors (Lipinski definition) is 1. The second-order valence-electron chi connectivity index (χ2n) is 6.34. The van der Waals surface area contributed by atoms with Crippen LogP contribution in [0.25, 0.3) is 0 Å². The molecule has 1 aliphatic heterocycles. The first-order chi connectivity index (χ1) is 12.0. The van der Waals surface area contributed by atoms with Crippen LogP contribution in [0.4, 0.5) is 10.8 Å². The average molecular weight is 358 g/mol. The van der Waals surface area contributed by atoms with Crippen LogP contribution >= 0.6 is 11.3 Å². The van der Waals surface area contributed by atoms with Crippen molar-refractivity contribution in [2.24, 2.45) is 0 Å². The predicted molar refractivity (Wildman–Crippen MR) is 100 cm³/mol. The molecule has 2 amide bonds. The number of thiazole rings is 1. The second kappa shape index (κ2) is 7.23. The zero-order valence-electron chi connectivity index (χ0n) is 14.7. The quantitative estimate of drug-likeness (QED) is 0.912. The van der Waals surface area contributed by atoms with Gasteiger partial charge in [-0.05, 0) is 31.4 Å². The fraction of sp³-hybridized carbons (Fsp3) is 0.389. The van der Waals surface area contributed by atoms with Gasteiger partial charge in [0.1, 0.15) is 4.88 Å². The van der Waals surface area contributed by atoms with E-state index in [4.69, 9.17) is 0 Å².